The van der Waals surface area contributed by atoms with Crippen LogP contribution in [0.3, 0.4) is 0 Å². The van der Waals surface area contributed by atoms with Gasteiger partial charge in [0.15, 0.2) is 0 Å². The summed E-state index contributed by atoms with van der Waals surface area (Å²) in [5.41, 5.74) is 25.7. The van der Waals surface area contributed by atoms with E-state index in [1.54, 1.807) is 33.4 Å². The van der Waals surface area contributed by atoms with Crippen molar-refractivity contribution >= 4 is 16.8 Å². The zero-order valence-corrected chi connectivity index (χ0v) is 44.0. The molecule has 2 fully saturated rings. The van der Waals surface area contributed by atoms with Gasteiger partial charge in [0.25, 0.3) is 0 Å². The fourth-order valence-corrected chi connectivity index (χ4v) is 16.2. The maximum atomic E-state index is 4.83. The lowest BCUT2D eigenvalue weighted by Gasteiger charge is -2.58. The largest absolute Gasteiger partial charge is 0.362 e. The molecular weight excluding hydrogens is 845 g/mol. The predicted octanol–water partition coefficient (Wildman–Crippen LogP) is 18.1. The van der Waals surface area contributed by atoms with Gasteiger partial charge in [0.2, 0.25) is 0 Å². The third-order valence-corrected chi connectivity index (χ3v) is 20.6. The molecule has 362 valence electrons. The summed E-state index contributed by atoms with van der Waals surface area (Å²) in [5.74, 6) is 0. The van der Waals surface area contributed by atoms with Crippen LogP contribution >= 0.6 is 0 Å². The molecule has 0 spiro atoms. The summed E-state index contributed by atoms with van der Waals surface area (Å²) in [6.07, 6.45) is 56.4. The van der Waals surface area contributed by atoms with Crippen molar-refractivity contribution in [2.75, 3.05) is 4.90 Å². The molecule has 4 atom stereocenters. The molecule has 0 N–H and O–H groups in total. The minimum Gasteiger partial charge on any atom is -0.362 e. The van der Waals surface area contributed by atoms with Crippen molar-refractivity contribution < 1.29 is 0 Å². The minimum atomic E-state index is -0.156. The second kappa shape index (κ2) is 17.0. The third-order valence-electron chi connectivity index (χ3n) is 20.6. The highest BCUT2D eigenvalue weighted by Crippen LogP contribution is 2.62. The molecule has 2 aromatic rings. The van der Waals surface area contributed by atoms with E-state index in [1.165, 1.54) is 133 Å². The van der Waals surface area contributed by atoms with Crippen LogP contribution < -0.4 is 4.90 Å². The molecule has 4 unspecified atom stereocenters. The molecule has 0 aromatic heterocycles. The van der Waals surface area contributed by atoms with Crippen molar-refractivity contribution in [1.82, 2.24) is 4.90 Å². The summed E-state index contributed by atoms with van der Waals surface area (Å²) < 4.78 is 0. The van der Waals surface area contributed by atoms with Crippen LogP contribution in [0.15, 0.2) is 155 Å². The first kappa shape index (κ1) is 46.0. The molecule has 0 amide bonds. The molecule has 2 aromatic carbocycles. The SMILES string of the molecule is C=C1/C=C\C=C/CC2=C(/C=C\1C1=CC=C(N(C3C=CC=CC3)C3(C)CCCCC3(C)C)CC1)C(C)(C)c1c2cc(-c2ccc3c(c2)C2(C)CCCCC2(C)N3C2=CCCC=C2)c2c1CC1=C2CCCC1. The summed E-state index contributed by atoms with van der Waals surface area (Å²) in [7, 11) is 0. The van der Waals surface area contributed by atoms with Gasteiger partial charge < -0.3 is 9.80 Å². The minimum absolute atomic E-state index is 0.0621. The smallest absolute Gasteiger partial charge is 0.0517 e. The monoisotopic (exact) mass is 925 g/mol. The standard InChI is InChI=1S/C68H80N2/c1-46-24-12-9-17-31-54-57-44-56(49-34-37-61-60(43-49)66(6)39-21-23-41-68(66,8)70(61)51-28-15-11-16-29-51)62-53-30-19-18-25-48(53)42-58(62)63(57)65(4,5)59(54)45-55(46)47-32-35-52(36-33-47)69(50-26-13-10-14-27-50)67(7)40-22-20-38-64(67,2)3/h9-10,12-15,17,24,26,28-29,32,34-35,37,43-45,50H,1,11,16,18-23,25,27,30-31,33,36,38-42H2,2-8H3/b17-9-,24-12-,55-45+. The van der Waals surface area contributed by atoms with E-state index in [-0.39, 0.29) is 27.3 Å². The van der Waals surface area contributed by atoms with Crippen molar-refractivity contribution in [2.24, 2.45) is 5.41 Å². The van der Waals surface area contributed by atoms with E-state index in [9.17, 15) is 0 Å². The molecule has 9 aliphatic carbocycles. The third kappa shape index (κ3) is 6.90. The second-order valence-electron chi connectivity index (χ2n) is 24.9. The zero-order chi connectivity index (χ0) is 48.2. The molecule has 2 saturated carbocycles. The summed E-state index contributed by atoms with van der Waals surface area (Å²) in [6, 6.07) is 10.9. The molecule has 1 heterocycles. The molecule has 70 heavy (non-hydrogen) atoms. The molecule has 1 aliphatic heterocycles. The number of fused-ring (bicyclic) bond motifs is 8. The maximum Gasteiger partial charge on any atom is 0.0517 e. The first-order valence-electron chi connectivity index (χ1n) is 28.0. The number of allylic oxidation sites excluding steroid dienone is 20. The highest BCUT2D eigenvalue weighted by atomic mass is 15.3. The van der Waals surface area contributed by atoms with Gasteiger partial charge in [-0.3, -0.25) is 0 Å². The Morgan fingerprint density at radius 2 is 1.53 bits per heavy atom. The Hall–Kier alpha value is -5.08. The van der Waals surface area contributed by atoms with Crippen LogP contribution in [0.25, 0.3) is 22.3 Å². The van der Waals surface area contributed by atoms with Gasteiger partial charge in [-0.25, -0.2) is 0 Å². The van der Waals surface area contributed by atoms with Crippen LogP contribution in [0, 0.1) is 5.41 Å². The Morgan fingerprint density at radius 1 is 0.714 bits per heavy atom. The van der Waals surface area contributed by atoms with E-state index in [1.807, 2.05) is 0 Å². The van der Waals surface area contributed by atoms with Crippen molar-refractivity contribution in [2.45, 2.75) is 198 Å². The van der Waals surface area contributed by atoms with Crippen molar-refractivity contribution in [3.8, 4) is 11.1 Å². The van der Waals surface area contributed by atoms with Crippen LogP contribution in [0.5, 0.6) is 0 Å². The Balaban J connectivity index is 0.996. The number of hydrogen-bond acceptors (Lipinski definition) is 2. The highest BCUT2D eigenvalue weighted by Gasteiger charge is 2.58. The average Bonchev–Trinajstić information content (AvgIpc) is 3.92. The van der Waals surface area contributed by atoms with Gasteiger partial charge in [0.05, 0.1) is 11.6 Å². The van der Waals surface area contributed by atoms with Crippen molar-refractivity contribution in [3.63, 3.8) is 0 Å². The van der Waals surface area contributed by atoms with Gasteiger partial charge in [-0.1, -0.05) is 145 Å². The normalized spacial score (nSPS) is 32.1. The van der Waals surface area contributed by atoms with E-state index in [0.717, 1.165) is 50.5 Å². The van der Waals surface area contributed by atoms with Gasteiger partial charge in [0.1, 0.15) is 0 Å². The summed E-state index contributed by atoms with van der Waals surface area (Å²) in [6.45, 7) is 22.8. The van der Waals surface area contributed by atoms with Crippen LogP contribution in [0.4, 0.5) is 5.69 Å². The molecule has 0 bridgehead atoms. The quantitative estimate of drug-likeness (QED) is 0.285. The number of benzene rings is 2. The number of rotatable bonds is 6. The van der Waals surface area contributed by atoms with Crippen LogP contribution in [0.1, 0.15) is 192 Å². The zero-order valence-electron chi connectivity index (χ0n) is 44.0. The van der Waals surface area contributed by atoms with Crippen molar-refractivity contribution in [3.05, 3.63) is 183 Å². The first-order valence-corrected chi connectivity index (χ1v) is 28.0. The van der Waals surface area contributed by atoms with Crippen LogP contribution in [-0.2, 0) is 17.3 Å². The molecular formula is C68H80N2. The van der Waals surface area contributed by atoms with E-state index < -0.39 is 0 Å². The number of hydrogen-bond donors (Lipinski definition) is 0. The second-order valence-corrected chi connectivity index (χ2v) is 24.9. The Morgan fingerprint density at radius 3 is 2.31 bits per heavy atom. The van der Waals surface area contributed by atoms with Gasteiger partial charge in [-0.05, 0) is 224 Å². The lowest BCUT2D eigenvalue weighted by Crippen LogP contribution is -2.60. The van der Waals surface area contributed by atoms with Crippen LogP contribution in [-0.4, -0.2) is 22.0 Å². The summed E-state index contributed by atoms with van der Waals surface area (Å²) in [4.78, 5) is 5.67. The fraction of sp³-hybridized carbons (Fsp3) is 0.471. The summed E-state index contributed by atoms with van der Waals surface area (Å²) in [5, 5.41) is 0. The lowest BCUT2D eigenvalue weighted by atomic mass is 9.61. The van der Waals surface area contributed by atoms with Gasteiger partial charge in [0, 0.05) is 33.5 Å². The van der Waals surface area contributed by atoms with Gasteiger partial charge in [-0.2, -0.15) is 0 Å². The number of nitrogens with zero attached hydrogens (tertiary/aromatic N) is 2. The van der Waals surface area contributed by atoms with E-state index in [2.05, 4.69) is 168 Å². The van der Waals surface area contributed by atoms with E-state index in [0.29, 0.717) is 6.04 Å². The van der Waals surface area contributed by atoms with E-state index >= 15 is 0 Å². The van der Waals surface area contributed by atoms with Gasteiger partial charge >= 0.3 is 0 Å². The lowest BCUT2D eigenvalue weighted by molar-refractivity contribution is -0.0316. The Bertz CT molecular complexity index is 2930. The van der Waals surface area contributed by atoms with Crippen LogP contribution in [0.2, 0.25) is 0 Å². The predicted molar refractivity (Wildman–Crippen MR) is 299 cm³/mol. The number of anilines is 1. The molecule has 12 rings (SSSR count). The van der Waals surface area contributed by atoms with E-state index in [4.69, 9.17) is 6.58 Å². The van der Waals surface area contributed by atoms with Crippen molar-refractivity contribution in [1.29, 1.82) is 0 Å². The molecule has 0 radical (unpaired) electrons. The molecule has 0 saturated heterocycles. The topological polar surface area (TPSA) is 6.48 Å². The van der Waals surface area contributed by atoms with Gasteiger partial charge in [-0.15, -0.1) is 0 Å². The molecule has 2 nitrogen and oxygen atoms in total. The Kier molecular flexibility index (Phi) is 11.2. The fourth-order valence-electron chi connectivity index (χ4n) is 16.2. The summed E-state index contributed by atoms with van der Waals surface area (Å²) >= 11 is 0. The highest BCUT2D eigenvalue weighted by molar-refractivity contribution is 5.96. The molecule has 10 aliphatic rings. The average molecular weight is 925 g/mol. The first-order chi connectivity index (χ1) is 33.7. The maximum absolute atomic E-state index is 4.83. The molecule has 2 heteroatoms. The Labute approximate surface area is 422 Å².